The Labute approximate surface area is 111 Å². The van der Waals surface area contributed by atoms with Crippen LogP contribution in [0, 0.1) is 5.82 Å². The van der Waals surface area contributed by atoms with Crippen LogP contribution in [0.4, 0.5) is 10.1 Å². The van der Waals surface area contributed by atoms with E-state index in [-0.39, 0.29) is 10.8 Å². The standard InChI is InChI=1S/C15H15ClFN/c16-14-9-6-12(10-15(14)17)3-1-2-11-4-7-13(18)8-5-11/h4-10H,1-3,18H2. The highest BCUT2D eigenvalue weighted by molar-refractivity contribution is 6.30. The molecule has 0 aliphatic heterocycles. The number of halogens is 2. The van der Waals surface area contributed by atoms with Crippen molar-refractivity contribution in [3.05, 3.63) is 64.4 Å². The monoisotopic (exact) mass is 263 g/mol. The van der Waals surface area contributed by atoms with Gasteiger partial charge in [0.1, 0.15) is 5.82 Å². The van der Waals surface area contributed by atoms with Crippen LogP contribution in [0.3, 0.4) is 0 Å². The molecule has 2 aromatic carbocycles. The lowest BCUT2D eigenvalue weighted by molar-refractivity contribution is 0.625. The van der Waals surface area contributed by atoms with Gasteiger partial charge in [-0.1, -0.05) is 29.8 Å². The van der Waals surface area contributed by atoms with Crippen LogP contribution in [-0.2, 0) is 12.8 Å². The van der Waals surface area contributed by atoms with E-state index in [2.05, 4.69) is 0 Å². The molecule has 0 saturated heterocycles. The fourth-order valence-electron chi connectivity index (χ4n) is 1.88. The van der Waals surface area contributed by atoms with E-state index in [0.29, 0.717) is 0 Å². The Bertz CT molecular complexity index is 523. The van der Waals surface area contributed by atoms with Crippen molar-refractivity contribution in [1.29, 1.82) is 0 Å². The average Bonchev–Trinajstić information content (AvgIpc) is 2.36. The molecule has 2 rings (SSSR count). The molecule has 0 amide bonds. The molecule has 0 heterocycles. The fourth-order valence-corrected chi connectivity index (χ4v) is 1.99. The maximum Gasteiger partial charge on any atom is 0.142 e. The molecule has 94 valence electrons. The molecule has 0 atom stereocenters. The molecular formula is C15H15ClFN. The highest BCUT2D eigenvalue weighted by Gasteiger charge is 2.01. The van der Waals surface area contributed by atoms with Crippen LogP contribution in [0.2, 0.25) is 5.02 Å². The minimum Gasteiger partial charge on any atom is -0.399 e. The van der Waals surface area contributed by atoms with Crippen molar-refractivity contribution < 1.29 is 4.39 Å². The van der Waals surface area contributed by atoms with E-state index in [1.807, 2.05) is 30.3 Å². The van der Waals surface area contributed by atoms with Gasteiger partial charge in [-0.2, -0.15) is 0 Å². The normalized spacial score (nSPS) is 10.6. The molecular weight excluding hydrogens is 249 g/mol. The summed E-state index contributed by atoms with van der Waals surface area (Å²) >= 11 is 5.64. The lowest BCUT2D eigenvalue weighted by Crippen LogP contribution is -1.92. The maximum atomic E-state index is 13.2. The number of benzene rings is 2. The average molecular weight is 264 g/mol. The molecule has 0 spiro atoms. The Hall–Kier alpha value is -1.54. The molecule has 1 nitrogen and oxygen atoms in total. The predicted molar refractivity (Wildman–Crippen MR) is 74.3 cm³/mol. The Morgan fingerprint density at radius 3 is 2.22 bits per heavy atom. The maximum absolute atomic E-state index is 13.2. The van der Waals surface area contributed by atoms with Gasteiger partial charge < -0.3 is 5.73 Å². The summed E-state index contributed by atoms with van der Waals surface area (Å²) < 4.78 is 13.2. The molecule has 18 heavy (non-hydrogen) atoms. The van der Waals surface area contributed by atoms with Gasteiger partial charge in [0.15, 0.2) is 0 Å². The second kappa shape index (κ2) is 5.87. The molecule has 0 aliphatic carbocycles. The second-order valence-electron chi connectivity index (χ2n) is 4.34. The topological polar surface area (TPSA) is 26.0 Å². The van der Waals surface area contributed by atoms with Gasteiger partial charge in [-0.05, 0) is 54.7 Å². The molecule has 0 aromatic heterocycles. The summed E-state index contributed by atoms with van der Waals surface area (Å²) in [7, 11) is 0. The SMILES string of the molecule is Nc1ccc(CCCc2ccc(Cl)c(F)c2)cc1. The first-order valence-electron chi connectivity index (χ1n) is 5.93. The highest BCUT2D eigenvalue weighted by Crippen LogP contribution is 2.17. The van der Waals surface area contributed by atoms with Crippen LogP contribution in [0.1, 0.15) is 17.5 Å². The first-order valence-corrected chi connectivity index (χ1v) is 6.31. The van der Waals surface area contributed by atoms with E-state index >= 15 is 0 Å². The number of hydrogen-bond acceptors (Lipinski definition) is 1. The summed E-state index contributed by atoms with van der Waals surface area (Å²) in [6.07, 6.45) is 2.79. The molecule has 0 bridgehead atoms. The van der Waals surface area contributed by atoms with Crippen molar-refractivity contribution in [1.82, 2.24) is 0 Å². The summed E-state index contributed by atoms with van der Waals surface area (Å²) in [6.45, 7) is 0. The van der Waals surface area contributed by atoms with E-state index in [4.69, 9.17) is 17.3 Å². The van der Waals surface area contributed by atoms with Gasteiger partial charge in [0.05, 0.1) is 5.02 Å². The van der Waals surface area contributed by atoms with Gasteiger partial charge in [-0.3, -0.25) is 0 Å². The van der Waals surface area contributed by atoms with Gasteiger partial charge in [-0.15, -0.1) is 0 Å². The molecule has 3 heteroatoms. The van der Waals surface area contributed by atoms with Gasteiger partial charge in [-0.25, -0.2) is 4.39 Å². The van der Waals surface area contributed by atoms with Crippen molar-refractivity contribution >= 4 is 17.3 Å². The molecule has 0 saturated carbocycles. The molecule has 2 aromatic rings. The predicted octanol–water partition coefficient (Wildman–Crippen LogP) is 4.24. The van der Waals surface area contributed by atoms with E-state index in [9.17, 15) is 4.39 Å². The summed E-state index contributed by atoms with van der Waals surface area (Å²) in [5.74, 6) is -0.346. The van der Waals surface area contributed by atoms with Crippen LogP contribution in [0.15, 0.2) is 42.5 Å². The highest BCUT2D eigenvalue weighted by atomic mass is 35.5. The van der Waals surface area contributed by atoms with E-state index < -0.39 is 0 Å². The number of anilines is 1. The van der Waals surface area contributed by atoms with Gasteiger partial charge in [0.25, 0.3) is 0 Å². The van der Waals surface area contributed by atoms with Crippen molar-refractivity contribution in [2.75, 3.05) is 5.73 Å². The minimum atomic E-state index is -0.346. The van der Waals surface area contributed by atoms with E-state index in [0.717, 1.165) is 30.5 Å². The number of rotatable bonds is 4. The zero-order chi connectivity index (χ0) is 13.0. The summed E-state index contributed by atoms with van der Waals surface area (Å²) in [5, 5.41) is 0.178. The van der Waals surface area contributed by atoms with Crippen LogP contribution in [0.25, 0.3) is 0 Å². The largest absolute Gasteiger partial charge is 0.399 e. The Morgan fingerprint density at radius 1 is 0.944 bits per heavy atom. The summed E-state index contributed by atoms with van der Waals surface area (Å²) in [4.78, 5) is 0. The van der Waals surface area contributed by atoms with Crippen LogP contribution in [-0.4, -0.2) is 0 Å². The molecule has 0 radical (unpaired) electrons. The van der Waals surface area contributed by atoms with Gasteiger partial charge in [0.2, 0.25) is 0 Å². The Balaban J connectivity index is 1.88. The zero-order valence-corrected chi connectivity index (χ0v) is 10.8. The first-order chi connectivity index (χ1) is 8.65. The molecule has 0 unspecified atom stereocenters. The third-order valence-corrected chi connectivity index (χ3v) is 3.20. The second-order valence-corrected chi connectivity index (χ2v) is 4.75. The van der Waals surface area contributed by atoms with Crippen molar-refractivity contribution in [3.63, 3.8) is 0 Å². The third-order valence-electron chi connectivity index (χ3n) is 2.89. The van der Waals surface area contributed by atoms with Crippen molar-refractivity contribution in [2.24, 2.45) is 0 Å². The number of nitrogens with two attached hydrogens (primary N) is 1. The Morgan fingerprint density at radius 2 is 1.56 bits per heavy atom. The smallest absolute Gasteiger partial charge is 0.142 e. The lowest BCUT2D eigenvalue weighted by Gasteiger charge is -2.04. The fraction of sp³-hybridized carbons (Fsp3) is 0.200. The quantitative estimate of drug-likeness (QED) is 0.821. The van der Waals surface area contributed by atoms with Crippen LogP contribution >= 0.6 is 11.6 Å². The first kappa shape index (κ1) is 12.9. The third kappa shape index (κ3) is 3.47. The van der Waals surface area contributed by atoms with E-state index in [1.54, 1.807) is 6.07 Å². The van der Waals surface area contributed by atoms with Crippen LogP contribution in [0.5, 0.6) is 0 Å². The van der Waals surface area contributed by atoms with Crippen LogP contribution < -0.4 is 5.73 Å². The molecule has 0 fully saturated rings. The molecule has 2 N–H and O–H groups in total. The summed E-state index contributed by atoms with van der Waals surface area (Å²) in [6, 6.07) is 12.8. The van der Waals surface area contributed by atoms with Gasteiger partial charge >= 0.3 is 0 Å². The number of hydrogen-bond donors (Lipinski definition) is 1. The number of aryl methyl sites for hydroxylation is 2. The van der Waals surface area contributed by atoms with Crippen molar-refractivity contribution in [3.8, 4) is 0 Å². The Kier molecular flexibility index (Phi) is 4.21. The van der Waals surface area contributed by atoms with Gasteiger partial charge in [0, 0.05) is 5.69 Å². The lowest BCUT2D eigenvalue weighted by atomic mass is 10.0. The zero-order valence-electron chi connectivity index (χ0n) is 10.00. The summed E-state index contributed by atoms with van der Waals surface area (Å²) in [5.41, 5.74) is 8.63. The molecule has 0 aliphatic rings. The minimum absolute atomic E-state index is 0.178. The van der Waals surface area contributed by atoms with E-state index in [1.165, 1.54) is 11.6 Å². The van der Waals surface area contributed by atoms with Crippen molar-refractivity contribution in [2.45, 2.75) is 19.3 Å². The number of nitrogen functional groups attached to an aromatic ring is 1.